The van der Waals surface area contributed by atoms with Crippen molar-refractivity contribution in [1.29, 1.82) is 0 Å². The first kappa shape index (κ1) is 19.2. The first-order valence-corrected chi connectivity index (χ1v) is 9.36. The molecule has 8 nitrogen and oxygen atoms in total. The Kier molecular flexibility index (Phi) is 5.14. The van der Waals surface area contributed by atoms with Crippen molar-refractivity contribution >= 4 is 41.2 Å². The molecule has 0 unspecified atom stereocenters. The Balaban J connectivity index is 1.86. The number of esters is 2. The smallest absolute Gasteiger partial charge is 0.337 e. The highest BCUT2D eigenvalue weighted by Gasteiger charge is 2.52. The van der Waals surface area contributed by atoms with E-state index in [2.05, 4.69) is 14.8 Å². The van der Waals surface area contributed by atoms with Crippen molar-refractivity contribution in [2.75, 3.05) is 25.3 Å². The van der Waals surface area contributed by atoms with Gasteiger partial charge in [-0.3, -0.25) is 9.59 Å². The van der Waals surface area contributed by atoms with Gasteiger partial charge in [0.15, 0.2) is 0 Å². The first-order chi connectivity index (χ1) is 12.8. The zero-order valence-electron chi connectivity index (χ0n) is 15.2. The summed E-state index contributed by atoms with van der Waals surface area (Å²) in [7, 11) is 2.45. The second-order valence-corrected chi connectivity index (χ2v) is 8.04. The molecule has 2 saturated heterocycles. The third-order valence-corrected chi connectivity index (χ3v) is 6.30. The number of fused-ring (bicyclic) bond motifs is 1. The van der Waals surface area contributed by atoms with Crippen LogP contribution >= 0.6 is 11.8 Å². The number of amides is 2. The van der Waals surface area contributed by atoms with Gasteiger partial charge in [0.2, 0.25) is 11.8 Å². The standard InChI is InChI=1S/C18H20N2O6S/c1-18-5-4-14(21)20(18)13(9-27-18)15(22)19-12-7-10(16(23)25-2)6-11(8-12)17(24)26-3/h6-8,13H,4-5,9H2,1-3H3,(H,19,22)/t13-,18-/m1/s1. The second-order valence-electron chi connectivity index (χ2n) is 6.54. The third-order valence-electron chi connectivity index (χ3n) is 4.79. The fourth-order valence-electron chi connectivity index (χ4n) is 3.41. The van der Waals surface area contributed by atoms with Crippen molar-refractivity contribution in [3.05, 3.63) is 29.3 Å². The minimum absolute atomic E-state index is 0.0405. The van der Waals surface area contributed by atoms with Crippen LogP contribution in [0.3, 0.4) is 0 Å². The minimum atomic E-state index is -0.644. The van der Waals surface area contributed by atoms with Crippen LogP contribution in [0.5, 0.6) is 0 Å². The Hall–Kier alpha value is -2.55. The van der Waals surface area contributed by atoms with Crippen molar-refractivity contribution in [3.63, 3.8) is 0 Å². The maximum absolute atomic E-state index is 12.8. The molecule has 2 amide bonds. The molecule has 3 rings (SSSR count). The van der Waals surface area contributed by atoms with Gasteiger partial charge in [-0.25, -0.2) is 9.59 Å². The van der Waals surface area contributed by atoms with Crippen LogP contribution in [0.4, 0.5) is 5.69 Å². The van der Waals surface area contributed by atoms with E-state index in [-0.39, 0.29) is 33.5 Å². The number of ether oxygens (including phenoxy) is 2. The van der Waals surface area contributed by atoms with Gasteiger partial charge in [0.05, 0.1) is 30.2 Å². The molecule has 1 aromatic carbocycles. The predicted octanol–water partition coefficient (Wildman–Crippen LogP) is 1.65. The number of rotatable bonds is 4. The summed E-state index contributed by atoms with van der Waals surface area (Å²) in [5.74, 6) is -1.19. The van der Waals surface area contributed by atoms with E-state index in [9.17, 15) is 19.2 Å². The highest BCUT2D eigenvalue weighted by molar-refractivity contribution is 8.01. The zero-order valence-corrected chi connectivity index (χ0v) is 16.1. The molecule has 9 heteroatoms. The van der Waals surface area contributed by atoms with Crippen molar-refractivity contribution in [2.24, 2.45) is 0 Å². The van der Waals surface area contributed by atoms with Crippen molar-refractivity contribution < 1.29 is 28.7 Å². The minimum Gasteiger partial charge on any atom is -0.465 e. The van der Waals surface area contributed by atoms with Gasteiger partial charge in [0.25, 0.3) is 0 Å². The Morgan fingerprint density at radius 3 is 2.30 bits per heavy atom. The van der Waals surface area contributed by atoms with Crippen molar-refractivity contribution in [2.45, 2.75) is 30.7 Å². The quantitative estimate of drug-likeness (QED) is 0.778. The van der Waals surface area contributed by atoms with Crippen LogP contribution in [0.1, 0.15) is 40.5 Å². The molecular weight excluding hydrogens is 372 g/mol. The van der Waals surface area contributed by atoms with E-state index in [1.54, 1.807) is 16.7 Å². The van der Waals surface area contributed by atoms with Gasteiger partial charge in [-0.05, 0) is 31.5 Å². The van der Waals surface area contributed by atoms with Crippen LogP contribution in [0.15, 0.2) is 18.2 Å². The number of methoxy groups -OCH3 is 2. The van der Waals surface area contributed by atoms with E-state index < -0.39 is 18.0 Å². The number of benzene rings is 1. The molecule has 0 spiro atoms. The van der Waals surface area contributed by atoms with Gasteiger partial charge in [-0.15, -0.1) is 11.8 Å². The lowest BCUT2D eigenvalue weighted by Gasteiger charge is -2.29. The topological polar surface area (TPSA) is 102 Å². The van der Waals surface area contributed by atoms with Crippen molar-refractivity contribution in [1.82, 2.24) is 4.90 Å². The Bertz CT molecular complexity index is 792. The van der Waals surface area contributed by atoms with Gasteiger partial charge in [0, 0.05) is 17.9 Å². The fraction of sp³-hybridized carbons (Fsp3) is 0.444. The molecule has 144 valence electrons. The molecule has 2 aliphatic heterocycles. The second kappa shape index (κ2) is 7.22. The average molecular weight is 392 g/mol. The van der Waals surface area contributed by atoms with Gasteiger partial charge in [-0.2, -0.15) is 0 Å². The van der Waals surface area contributed by atoms with E-state index in [1.807, 2.05) is 6.92 Å². The number of thioether (sulfide) groups is 1. The summed E-state index contributed by atoms with van der Waals surface area (Å²) < 4.78 is 9.38. The SMILES string of the molecule is COC(=O)c1cc(NC(=O)[C@H]2CS[C@]3(C)CCC(=O)N23)cc(C(=O)OC)c1. The molecule has 27 heavy (non-hydrogen) atoms. The molecule has 2 atom stereocenters. The van der Waals surface area contributed by atoms with E-state index in [0.29, 0.717) is 18.6 Å². The Morgan fingerprint density at radius 1 is 1.15 bits per heavy atom. The molecule has 0 saturated carbocycles. The number of nitrogens with one attached hydrogen (secondary N) is 1. The number of hydrogen-bond donors (Lipinski definition) is 1. The molecule has 2 fully saturated rings. The lowest BCUT2D eigenvalue weighted by Crippen LogP contribution is -2.48. The summed E-state index contributed by atoms with van der Waals surface area (Å²) in [6.45, 7) is 1.96. The number of nitrogens with zero attached hydrogens (tertiary/aromatic N) is 1. The van der Waals surface area contributed by atoms with Crippen LogP contribution in [0.25, 0.3) is 0 Å². The number of carbonyl (C=O) groups is 4. The Morgan fingerprint density at radius 2 is 1.74 bits per heavy atom. The molecule has 0 bridgehead atoms. The lowest BCUT2D eigenvalue weighted by molar-refractivity contribution is -0.135. The summed E-state index contributed by atoms with van der Waals surface area (Å²) in [5, 5.41) is 2.71. The summed E-state index contributed by atoms with van der Waals surface area (Å²) in [6.07, 6.45) is 1.14. The molecule has 2 aliphatic rings. The summed E-state index contributed by atoms with van der Waals surface area (Å²) >= 11 is 1.59. The normalized spacial score (nSPS) is 23.7. The molecule has 1 N–H and O–H groups in total. The van der Waals surface area contributed by atoms with Crippen LogP contribution in [0.2, 0.25) is 0 Å². The zero-order chi connectivity index (χ0) is 19.8. The van der Waals surface area contributed by atoms with Crippen LogP contribution < -0.4 is 5.32 Å². The highest BCUT2D eigenvalue weighted by atomic mass is 32.2. The Labute approximate surface area is 160 Å². The van der Waals surface area contributed by atoms with E-state index in [0.717, 1.165) is 0 Å². The van der Waals surface area contributed by atoms with Crippen LogP contribution in [-0.4, -0.2) is 59.5 Å². The molecule has 0 aliphatic carbocycles. The van der Waals surface area contributed by atoms with E-state index in [1.165, 1.54) is 32.4 Å². The molecule has 0 radical (unpaired) electrons. The number of hydrogen-bond acceptors (Lipinski definition) is 7. The molecule has 0 aromatic heterocycles. The highest BCUT2D eigenvalue weighted by Crippen LogP contribution is 2.47. The van der Waals surface area contributed by atoms with Gasteiger partial charge >= 0.3 is 11.9 Å². The van der Waals surface area contributed by atoms with E-state index in [4.69, 9.17) is 0 Å². The van der Waals surface area contributed by atoms with Crippen LogP contribution in [-0.2, 0) is 19.1 Å². The van der Waals surface area contributed by atoms with Crippen LogP contribution in [0, 0.1) is 0 Å². The monoisotopic (exact) mass is 392 g/mol. The summed E-state index contributed by atoms with van der Waals surface area (Å²) in [6, 6.07) is 3.57. The maximum atomic E-state index is 12.8. The summed E-state index contributed by atoms with van der Waals surface area (Å²) in [4.78, 5) is 50.0. The largest absolute Gasteiger partial charge is 0.465 e. The average Bonchev–Trinajstić information content (AvgIpc) is 3.16. The van der Waals surface area contributed by atoms with Crippen molar-refractivity contribution in [3.8, 4) is 0 Å². The maximum Gasteiger partial charge on any atom is 0.337 e. The van der Waals surface area contributed by atoms with E-state index >= 15 is 0 Å². The first-order valence-electron chi connectivity index (χ1n) is 8.38. The number of anilines is 1. The van der Waals surface area contributed by atoms with Gasteiger partial charge in [0.1, 0.15) is 6.04 Å². The fourth-order valence-corrected chi connectivity index (χ4v) is 4.84. The summed E-state index contributed by atoms with van der Waals surface area (Å²) in [5.41, 5.74) is 0.478. The number of carbonyl (C=O) groups excluding carboxylic acids is 4. The van der Waals surface area contributed by atoms with Gasteiger partial charge in [-0.1, -0.05) is 0 Å². The van der Waals surface area contributed by atoms with Gasteiger partial charge < -0.3 is 19.7 Å². The lowest BCUT2D eigenvalue weighted by atomic mass is 10.1. The third kappa shape index (κ3) is 3.51. The molecular formula is C18H20N2O6S. The molecule has 1 aromatic rings. The molecule has 2 heterocycles. The predicted molar refractivity (Wildman–Crippen MR) is 98.5 cm³/mol.